The van der Waals surface area contributed by atoms with Crippen molar-refractivity contribution in [3.63, 3.8) is 0 Å². The number of thiocarbonyl (C=S) groups is 1. The number of nitrogens with two attached hydrogens (primary N) is 1. The van der Waals surface area contributed by atoms with Gasteiger partial charge in [-0.3, -0.25) is 9.69 Å². The minimum absolute atomic E-state index is 0.125. The number of carbonyl (C=O) groups is 1. The molecule has 1 aromatic carbocycles. The first-order chi connectivity index (χ1) is 9.84. The number of piperazine rings is 1. The number of benzene rings is 1. The zero-order chi connectivity index (χ0) is 15.6. The van der Waals surface area contributed by atoms with Crippen LogP contribution >= 0.6 is 12.2 Å². The Hall–Kier alpha value is -1.53. The van der Waals surface area contributed by atoms with Crippen LogP contribution in [0.5, 0.6) is 0 Å². The fourth-order valence-electron chi connectivity index (χ4n) is 2.43. The van der Waals surface area contributed by atoms with Crippen molar-refractivity contribution in [2.24, 2.45) is 5.73 Å². The SMILES string of the molecule is CC(C)(C(N)=S)N1CCN(C(=O)c2ccccc2F)CC1. The van der Waals surface area contributed by atoms with Crippen molar-refractivity contribution in [1.82, 2.24) is 9.80 Å². The van der Waals surface area contributed by atoms with Crippen LogP contribution in [0.3, 0.4) is 0 Å². The molecule has 0 atom stereocenters. The second kappa shape index (κ2) is 6.07. The van der Waals surface area contributed by atoms with E-state index >= 15 is 0 Å². The van der Waals surface area contributed by atoms with Crippen molar-refractivity contribution in [2.45, 2.75) is 19.4 Å². The molecular weight excluding hydrogens is 289 g/mol. The van der Waals surface area contributed by atoms with Crippen LogP contribution in [0.4, 0.5) is 4.39 Å². The summed E-state index contributed by atoms with van der Waals surface area (Å²) in [5, 5.41) is 0. The van der Waals surface area contributed by atoms with Gasteiger partial charge in [-0.05, 0) is 26.0 Å². The second-order valence-electron chi connectivity index (χ2n) is 5.68. The van der Waals surface area contributed by atoms with E-state index in [1.54, 1.807) is 17.0 Å². The topological polar surface area (TPSA) is 49.6 Å². The minimum Gasteiger partial charge on any atom is -0.392 e. The molecule has 1 aliphatic rings. The maximum absolute atomic E-state index is 13.7. The summed E-state index contributed by atoms with van der Waals surface area (Å²) in [5.74, 6) is -0.741. The summed E-state index contributed by atoms with van der Waals surface area (Å²) >= 11 is 5.09. The van der Waals surface area contributed by atoms with E-state index in [1.807, 2.05) is 13.8 Å². The monoisotopic (exact) mass is 309 g/mol. The van der Waals surface area contributed by atoms with Gasteiger partial charge in [-0.15, -0.1) is 0 Å². The average Bonchev–Trinajstić information content (AvgIpc) is 2.47. The summed E-state index contributed by atoms with van der Waals surface area (Å²) < 4.78 is 13.7. The van der Waals surface area contributed by atoms with E-state index in [1.165, 1.54) is 12.1 Å². The molecule has 4 nitrogen and oxygen atoms in total. The van der Waals surface area contributed by atoms with Crippen LogP contribution in [0.25, 0.3) is 0 Å². The van der Waals surface area contributed by atoms with Gasteiger partial charge in [0, 0.05) is 26.2 Å². The lowest BCUT2D eigenvalue weighted by Gasteiger charge is -2.43. The zero-order valence-electron chi connectivity index (χ0n) is 12.3. The van der Waals surface area contributed by atoms with Gasteiger partial charge in [0.1, 0.15) is 5.82 Å². The maximum atomic E-state index is 13.7. The molecule has 1 saturated heterocycles. The van der Waals surface area contributed by atoms with Gasteiger partial charge in [0.15, 0.2) is 0 Å². The molecule has 0 saturated carbocycles. The number of hydrogen-bond donors (Lipinski definition) is 1. The molecule has 0 unspecified atom stereocenters. The predicted octanol–water partition coefficient (Wildman–Crippen LogP) is 1.65. The van der Waals surface area contributed by atoms with Crippen LogP contribution in [0.1, 0.15) is 24.2 Å². The highest BCUT2D eigenvalue weighted by atomic mass is 32.1. The Morgan fingerprint density at radius 3 is 2.33 bits per heavy atom. The van der Waals surface area contributed by atoms with Gasteiger partial charge in [-0.2, -0.15) is 0 Å². The van der Waals surface area contributed by atoms with Crippen molar-refractivity contribution in [1.29, 1.82) is 0 Å². The van der Waals surface area contributed by atoms with E-state index in [0.29, 0.717) is 31.2 Å². The Morgan fingerprint density at radius 1 is 1.24 bits per heavy atom. The van der Waals surface area contributed by atoms with Gasteiger partial charge in [0.2, 0.25) is 0 Å². The number of nitrogens with zero attached hydrogens (tertiary/aromatic N) is 2. The van der Waals surface area contributed by atoms with E-state index in [2.05, 4.69) is 4.90 Å². The van der Waals surface area contributed by atoms with E-state index in [9.17, 15) is 9.18 Å². The van der Waals surface area contributed by atoms with E-state index in [0.717, 1.165) is 0 Å². The van der Waals surface area contributed by atoms with Crippen LogP contribution in [0.15, 0.2) is 24.3 Å². The largest absolute Gasteiger partial charge is 0.392 e. The number of rotatable bonds is 3. The van der Waals surface area contributed by atoms with Gasteiger partial charge >= 0.3 is 0 Å². The fourth-order valence-corrected chi connectivity index (χ4v) is 2.56. The lowest BCUT2D eigenvalue weighted by atomic mass is 10.0. The van der Waals surface area contributed by atoms with Crippen molar-refractivity contribution < 1.29 is 9.18 Å². The molecule has 0 bridgehead atoms. The van der Waals surface area contributed by atoms with Crippen LogP contribution in [0, 0.1) is 5.82 Å². The molecule has 6 heteroatoms. The van der Waals surface area contributed by atoms with Crippen molar-refractivity contribution in [3.8, 4) is 0 Å². The molecule has 1 heterocycles. The van der Waals surface area contributed by atoms with Crippen LogP contribution in [0.2, 0.25) is 0 Å². The Morgan fingerprint density at radius 2 is 1.81 bits per heavy atom. The molecule has 114 valence electrons. The molecule has 1 amide bonds. The molecule has 2 rings (SSSR count). The molecular formula is C15H20FN3OS. The third-order valence-corrected chi connectivity index (χ3v) is 4.56. The highest BCUT2D eigenvalue weighted by molar-refractivity contribution is 7.80. The average molecular weight is 309 g/mol. The summed E-state index contributed by atoms with van der Waals surface area (Å²) in [6.45, 7) is 6.38. The standard InChI is InChI=1S/C15H20FN3OS/c1-15(2,14(17)21)19-9-7-18(8-10-19)13(20)11-5-3-4-6-12(11)16/h3-6H,7-10H2,1-2H3,(H2,17,21). The van der Waals surface area contributed by atoms with Gasteiger partial charge in [0.25, 0.3) is 5.91 Å². The van der Waals surface area contributed by atoms with Crippen molar-refractivity contribution in [3.05, 3.63) is 35.6 Å². The number of halogens is 1. The molecule has 1 aromatic rings. The summed E-state index contributed by atoms with van der Waals surface area (Å²) in [6.07, 6.45) is 0. The highest BCUT2D eigenvalue weighted by Gasteiger charge is 2.33. The van der Waals surface area contributed by atoms with Gasteiger partial charge in [-0.25, -0.2) is 4.39 Å². The molecule has 1 fully saturated rings. The van der Waals surface area contributed by atoms with E-state index in [4.69, 9.17) is 18.0 Å². The third kappa shape index (κ3) is 3.22. The Balaban J connectivity index is 2.03. The van der Waals surface area contributed by atoms with Crippen LogP contribution < -0.4 is 5.73 Å². The minimum atomic E-state index is -0.478. The Bertz CT molecular complexity index is 554. The van der Waals surface area contributed by atoms with Gasteiger partial charge in [-0.1, -0.05) is 24.4 Å². The zero-order valence-corrected chi connectivity index (χ0v) is 13.1. The summed E-state index contributed by atoms with van der Waals surface area (Å²) in [7, 11) is 0. The molecule has 21 heavy (non-hydrogen) atoms. The normalized spacial score (nSPS) is 16.8. The second-order valence-corrected chi connectivity index (χ2v) is 6.12. The number of hydrogen-bond acceptors (Lipinski definition) is 3. The van der Waals surface area contributed by atoms with Crippen LogP contribution in [-0.2, 0) is 0 Å². The lowest BCUT2D eigenvalue weighted by molar-refractivity contribution is 0.0535. The lowest BCUT2D eigenvalue weighted by Crippen LogP contribution is -2.59. The predicted molar refractivity (Wildman–Crippen MR) is 84.7 cm³/mol. The Labute approximate surface area is 129 Å². The first kappa shape index (κ1) is 15.9. The smallest absolute Gasteiger partial charge is 0.256 e. The summed E-state index contributed by atoms with van der Waals surface area (Å²) in [6, 6.07) is 6.07. The molecule has 0 aromatic heterocycles. The Kier molecular flexibility index (Phi) is 4.58. The molecule has 0 aliphatic carbocycles. The maximum Gasteiger partial charge on any atom is 0.256 e. The molecule has 0 spiro atoms. The van der Waals surface area contributed by atoms with Crippen molar-refractivity contribution >= 4 is 23.1 Å². The summed E-state index contributed by atoms with van der Waals surface area (Å²) in [5.41, 5.74) is 5.52. The summed E-state index contributed by atoms with van der Waals surface area (Å²) in [4.78, 5) is 16.6. The highest BCUT2D eigenvalue weighted by Crippen LogP contribution is 2.19. The first-order valence-electron chi connectivity index (χ1n) is 6.93. The fraction of sp³-hybridized carbons (Fsp3) is 0.467. The van der Waals surface area contributed by atoms with Gasteiger partial charge < -0.3 is 10.6 Å². The molecule has 1 aliphatic heterocycles. The number of carbonyl (C=O) groups excluding carboxylic acids is 1. The quantitative estimate of drug-likeness (QED) is 0.863. The number of amides is 1. The van der Waals surface area contributed by atoms with Gasteiger partial charge in [0.05, 0.1) is 16.1 Å². The van der Waals surface area contributed by atoms with Crippen LogP contribution in [-0.4, -0.2) is 52.4 Å². The van der Waals surface area contributed by atoms with Crippen molar-refractivity contribution in [2.75, 3.05) is 26.2 Å². The first-order valence-corrected chi connectivity index (χ1v) is 7.33. The van der Waals surface area contributed by atoms with E-state index < -0.39 is 5.82 Å². The third-order valence-electron chi connectivity index (χ3n) is 4.06. The van der Waals surface area contributed by atoms with E-state index in [-0.39, 0.29) is 17.0 Å². The molecule has 0 radical (unpaired) electrons. The molecule has 2 N–H and O–H groups in total.